The van der Waals surface area contributed by atoms with Crippen LogP contribution in [0.15, 0.2) is 72.5 Å². The maximum atomic E-state index is 9.05. The number of benzene rings is 2. The third kappa shape index (κ3) is 3.11. The average Bonchev–Trinajstić information content (AvgIpc) is 2.73. The summed E-state index contributed by atoms with van der Waals surface area (Å²) >= 11 is 0. The lowest BCUT2D eigenvalue weighted by atomic mass is 9.88. The quantitative estimate of drug-likeness (QED) is 0.606. The molecule has 3 nitrogen and oxygen atoms in total. The number of nitrogens with zero attached hydrogens (tertiary/aromatic N) is 2. The van der Waals surface area contributed by atoms with E-state index in [1.54, 1.807) is 7.11 Å². The molecule has 1 aliphatic carbocycles. The molecule has 0 aliphatic heterocycles. The highest BCUT2D eigenvalue weighted by atomic mass is 16.5. The molecular formula is C24H20N2O. The fourth-order valence-electron chi connectivity index (χ4n) is 3.61. The van der Waals surface area contributed by atoms with Gasteiger partial charge in [0.05, 0.1) is 18.7 Å². The highest BCUT2D eigenvalue weighted by Crippen LogP contribution is 2.39. The van der Waals surface area contributed by atoms with Crippen LogP contribution in [-0.2, 0) is 0 Å². The van der Waals surface area contributed by atoms with E-state index in [1.165, 1.54) is 5.56 Å². The van der Waals surface area contributed by atoms with Crippen molar-refractivity contribution in [1.29, 1.82) is 5.26 Å². The number of pyridine rings is 1. The van der Waals surface area contributed by atoms with Gasteiger partial charge in [-0.05, 0) is 36.6 Å². The van der Waals surface area contributed by atoms with Gasteiger partial charge in [-0.15, -0.1) is 0 Å². The fraction of sp³-hybridized carbons (Fsp3) is 0.167. The first-order valence-corrected chi connectivity index (χ1v) is 9.02. The zero-order chi connectivity index (χ0) is 18.8. The minimum atomic E-state index is 0.216. The van der Waals surface area contributed by atoms with Crippen molar-refractivity contribution in [1.82, 2.24) is 4.98 Å². The molecule has 3 aromatic rings. The second kappa shape index (κ2) is 7.09. The van der Waals surface area contributed by atoms with Crippen molar-refractivity contribution in [2.24, 2.45) is 0 Å². The lowest BCUT2D eigenvalue weighted by molar-refractivity contribution is 0.421. The Bertz CT molecular complexity index is 1100. The molecule has 1 aliphatic rings. The number of aryl methyl sites for hydroxylation is 1. The molecular weight excluding hydrogens is 332 g/mol. The number of rotatable bonds is 3. The van der Waals surface area contributed by atoms with Crippen LogP contribution >= 0.6 is 0 Å². The van der Waals surface area contributed by atoms with Crippen LogP contribution in [0.25, 0.3) is 22.0 Å². The average molecular weight is 352 g/mol. The van der Waals surface area contributed by atoms with Crippen molar-refractivity contribution >= 4 is 10.9 Å². The second-order valence-electron chi connectivity index (χ2n) is 6.79. The molecule has 0 saturated heterocycles. The van der Waals surface area contributed by atoms with Gasteiger partial charge in [-0.25, -0.2) is 0 Å². The molecule has 1 heterocycles. The molecule has 1 unspecified atom stereocenters. The van der Waals surface area contributed by atoms with Crippen LogP contribution in [0.4, 0.5) is 0 Å². The topological polar surface area (TPSA) is 45.9 Å². The van der Waals surface area contributed by atoms with Crippen molar-refractivity contribution in [3.63, 3.8) is 0 Å². The Hall–Kier alpha value is -3.38. The Kier molecular flexibility index (Phi) is 4.48. The first-order valence-electron chi connectivity index (χ1n) is 9.02. The van der Waals surface area contributed by atoms with E-state index in [-0.39, 0.29) is 5.92 Å². The molecule has 2 aromatic carbocycles. The summed E-state index contributed by atoms with van der Waals surface area (Å²) in [5.41, 5.74) is 6.14. The van der Waals surface area contributed by atoms with E-state index in [4.69, 9.17) is 15.0 Å². The molecule has 132 valence electrons. The first-order chi connectivity index (χ1) is 13.2. The third-order valence-electron chi connectivity index (χ3n) is 5.07. The summed E-state index contributed by atoms with van der Waals surface area (Å²) in [5.74, 6) is 1.06. The molecule has 0 radical (unpaired) electrons. The van der Waals surface area contributed by atoms with Crippen molar-refractivity contribution in [3.8, 4) is 22.9 Å². The van der Waals surface area contributed by atoms with Crippen LogP contribution in [0.3, 0.4) is 0 Å². The van der Waals surface area contributed by atoms with Crippen LogP contribution in [0.5, 0.6) is 5.75 Å². The van der Waals surface area contributed by atoms with Crippen LogP contribution in [0.1, 0.15) is 23.5 Å². The maximum absolute atomic E-state index is 9.05. The van der Waals surface area contributed by atoms with Gasteiger partial charge in [-0.2, -0.15) is 5.26 Å². The molecule has 27 heavy (non-hydrogen) atoms. The van der Waals surface area contributed by atoms with Crippen LogP contribution in [0.2, 0.25) is 0 Å². The summed E-state index contributed by atoms with van der Waals surface area (Å²) in [6.45, 7) is 2.08. The first kappa shape index (κ1) is 17.1. The number of aromatic nitrogens is 1. The van der Waals surface area contributed by atoms with Gasteiger partial charge in [0.25, 0.3) is 0 Å². The number of hydrogen-bond donors (Lipinski definition) is 0. The molecule has 0 spiro atoms. The minimum absolute atomic E-state index is 0.216. The SMILES string of the molecule is COc1c(-c2ccc(C)cc2)cnc2c(C3C=CC(C#N)=CC3)cccc12. The summed E-state index contributed by atoms with van der Waals surface area (Å²) in [6.07, 6.45) is 8.68. The van der Waals surface area contributed by atoms with E-state index in [2.05, 4.69) is 61.5 Å². The molecule has 4 rings (SSSR count). The zero-order valence-electron chi connectivity index (χ0n) is 15.4. The van der Waals surface area contributed by atoms with E-state index in [9.17, 15) is 0 Å². The monoisotopic (exact) mass is 352 g/mol. The number of methoxy groups -OCH3 is 1. The summed E-state index contributed by atoms with van der Waals surface area (Å²) in [4.78, 5) is 4.80. The van der Waals surface area contributed by atoms with Crippen molar-refractivity contribution < 1.29 is 4.74 Å². The normalized spacial score (nSPS) is 16.0. The van der Waals surface area contributed by atoms with Gasteiger partial charge >= 0.3 is 0 Å². The molecule has 0 fully saturated rings. The van der Waals surface area contributed by atoms with Crippen molar-refractivity contribution in [2.75, 3.05) is 7.11 Å². The van der Waals surface area contributed by atoms with E-state index in [1.807, 2.05) is 18.3 Å². The Balaban J connectivity index is 1.84. The third-order valence-corrected chi connectivity index (χ3v) is 5.07. The Morgan fingerprint density at radius 1 is 1.15 bits per heavy atom. The molecule has 0 saturated carbocycles. The zero-order valence-corrected chi connectivity index (χ0v) is 15.4. The summed E-state index contributed by atoms with van der Waals surface area (Å²) in [7, 11) is 1.71. The van der Waals surface area contributed by atoms with Gasteiger partial charge in [0, 0.05) is 28.6 Å². The van der Waals surface area contributed by atoms with Crippen LogP contribution in [0, 0.1) is 18.3 Å². The number of hydrogen-bond acceptors (Lipinski definition) is 3. The molecule has 0 amide bonds. The summed E-state index contributed by atoms with van der Waals surface area (Å²) in [6, 6.07) is 16.8. The van der Waals surface area contributed by atoms with Crippen LogP contribution < -0.4 is 4.74 Å². The highest BCUT2D eigenvalue weighted by molar-refractivity contribution is 5.94. The Morgan fingerprint density at radius 3 is 2.63 bits per heavy atom. The largest absolute Gasteiger partial charge is 0.495 e. The Morgan fingerprint density at radius 2 is 1.96 bits per heavy atom. The van der Waals surface area contributed by atoms with Gasteiger partial charge in [0.15, 0.2) is 0 Å². The van der Waals surface area contributed by atoms with Gasteiger partial charge in [-0.1, -0.05) is 54.1 Å². The summed E-state index contributed by atoms with van der Waals surface area (Å²) in [5, 5.41) is 10.1. The number of para-hydroxylation sites is 1. The number of ether oxygens (including phenoxy) is 1. The lowest BCUT2D eigenvalue weighted by Crippen LogP contribution is -2.01. The van der Waals surface area contributed by atoms with E-state index >= 15 is 0 Å². The molecule has 0 N–H and O–H groups in total. The van der Waals surface area contributed by atoms with Gasteiger partial charge in [-0.3, -0.25) is 4.98 Å². The van der Waals surface area contributed by atoms with Gasteiger partial charge in [0.2, 0.25) is 0 Å². The van der Waals surface area contributed by atoms with E-state index in [0.717, 1.165) is 45.3 Å². The number of nitriles is 1. The van der Waals surface area contributed by atoms with Crippen molar-refractivity contribution in [3.05, 3.63) is 83.6 Å². The fourth-order valence-corrected chi connectivity index (χ4v) is 3.61. The number of allylic oxidation sites excluding steroid dienone is 4. The smallest absolute Gasteiger partial charge is 0.137 e. The van der Waals surface area contributed by atoms with Crippen molar-refractivity contribution in [2.45, 2.75) is 19.3 Å². The minimum Gasteiger partial charge on any atom is -0.495 e. The van der Waals surface area contributed by atoms with Gasteiger partial charge in [0.1, 0.15) is 5.75 Å². The highest BCUT2D eigenvalue weighted by Gasteiger charge is 2.18. The predicted molar refractivity (Wildman–Crippen MR) is 109 cm³/mol. The molecule has 3 heteroatoms. The second-order valence-corrected chi connectivity index (χ2v) is 6.79. The molecule has 1 aromatic heterocycles. The standard InChI is InChI=1S/C24H20N2O/c1-16-6-10-19(11-7-16)22-15-26-23-20(4-3-5-21(23)24(22)27-2)18-12-8-17(14-25)9-13-18/h3-12,15,18H,13H2,1-2H3. The maximum Gasteiger partial charge on any atom is 0.137 e. The van der Waals surface area contributed by atoms with Gasteiger partial charge < -0.3 is 4.74 Å². The number of fused-ring (bicyclic) bond motifs is 1. The van der Waals surface area contributed by atoms with Crippen LogP contribution in [-0.4, -0.2) is 12.1 Å². The summed E-state index contributed by atoms with van der Waals surface area (Å²) < 4.78 is 5.81. The van der Waals surface area contributed by atoms with E-state index in [0.29, 0.717) is 0 Å². The molecule has 0 bridgehead atoms. The predicted octanol–water partition coefficient (Wildman–Crippen LogP) is 5.71. The van der Waals surface area contributed by atoms with E-state index < -0.39 is 0 Å². The lowest BCUT2D eigenvalue weighted by Gasteiger charge is -2.18. The molecule has 1 atom stereocenters. The Labute approximate surface area is 159 Å².